The Morgan fingerprint density at radius 2 is 2.05 bits per heavy atom. The van der Waals surface area contributed by atoms with E-state index < -0.39 is 5.91 Å². The number of halogens is 2. The number of primary amides is 1. The van der Waals surface area contributed by atoms with E-state index in [1.807, 2.05) is 0 Å². The molecule has 0 fully saturated rings. The molecule has 1 aromatic carbocycles. The van der Waals surface area contributed by atoms with Gasteiger partial charge in [0.1, 0.15) is 11.3 Å². The molecule has 0 bridgehead atoms. The maximum absolute atomic E-state index is 11.4. The Kier molecular flexibility index (Phi) is 3.78. The minimum atomic E-state index is -0.667. The molecule has 2 aromatic rings. The third-order valence-electron chi connectivity index (χ3n) is 2.62. The molecule has 0 aliphatic heterocycles. The number of rotatable bonds is 3. The molecular formula is C12H11Cl2N3O3. The Hall–Kier alpha value is -1.92. The highest BCUT2D eigenvalue weighted by Crippen LogP contribution is 2.38. The second-order valence-electron chi connectivity index (χ2n) is 4.09. The molecule has 1 aromatic heterocycles. The van der Waals surface area contributed by atoms with Crippen molar-refractivity contribution in [1.29, 1.82) is 0 Å². The number of carbonyl (C=O) groups is 1. The summed E-state index contributed by atoms with van der Waals surface area (Å²) in [7, 11) is 1.60. The average molecular weight is 316 g/mol. The van der Waals surface area contributed by atoms with Gasteiger partial charge >= 0.3 is 0 Å². The van der Waals surface area contributed by atoms with Crippen molar-refractivity contribution >= 4 is 29.1 Å². The Morgan fingerprint density at radius 3 is 2.65 bits per heavy atom. The molecule has 8 heteroatoms. The first-order chi connectivity index (χ1) is 9.31. The van der Waals surface area contributed by atoms with Crippen LogP contribution >= 0.6 is 23.2 Å². The summed E-state index contributed by atoms with van der Waals surface area (Å²) in [4.78, 5) is 11.4. The smallest absolute Gasteiger partial charge is 0.256 e. The van der Waals surface area contributed by atoms with E-state index in [2.05, 4.69) is 5.10 Å². The maximum atomic E-state index is 11.4. The summed E-state index contributed by atoms with van der Waals surface area (Å²) in [5, 5.41) is 13.9. The average Bonchev–Trinajstić information content (AvgIpc) is 2.61. The third kappa shape index (κ3) is 2.52. The van der Waals surface area contributed by atoms with Crippen molar-refractivity contribution in [1.82, 2.24) is 9.78 Å². The zero-order valence-corrected chi connectivity index (χ0v) is 12.2. The van der Waals surface area contributed by atoms with Crippen molar-refractivity contribution in [2.45, 2.75) is 6.92 Å². The van der Waals surface area contributed by atoms with Crippen molar-refractivity contribution < 1.29 is 14.6 Å². The predicted octanol–water partition coefficient (Wildman–Crippen LogP) is 2.63. The van der Waals surface area contributed by atoms with Crippen LogP contribution in [0, 0.1) is 6.92 Å². The highest BCUT2D eigenvalue weighted by atomic mass is 35.5. The molecule has 3 N–H and O–H groups in total. The molecule has 0 spiro atoms. The van der Waals surface area contributed by atoms with E-state index in [1.165, 1.54) is 16.8 Å². The fourth-order valence-electron chi connectivity index (χ4n) is 1.74. The van der Waals surface area contributed by atoms with Crippen LogP contribution in [0.5, 0.6) is 17.4 Å². The lowest BCUT2D eigenvalue weighted by Crippen LogP contribution is -2.13. The second kappa shape index (κ2) is 5.22. The van der Waals surface area contributed by atoms with Crippen LogP contribution in [0.4, 0.5) is 0 Å². The number of phenolic OH excluding ortho intramolecular Hbond substituents is 1. The van der Waals surface area contributed by atoms with E-state index in [-0.39, 0.29) is 33.0 Å². The number of aryl methyl sites for hydroxylation is 2. The molecule has 0 aliphatic carbocycles. The third-order valence-corrected chi connectivity index (χ3v) is 3.22. The molecule has 106 valence electrons. The first kappa shape index (κ1) is 14.5. The van der Waals surface area contributed by atoms with E-state index in [0.29, 0.717) is 5.69 Å². The molecule has 2 rings (SSSR count). The van der Waals surface area contributed by atoms with Gasteiger partial charge in [0.25, 0.3) is 5.91 Å². The molecule has 0 saturated heterocycles. The van der Waals surface area contributed by atoms with Crippen LogP contribution in [0.15, 0.2) is 12.1 Å². The first-order valence-corrected chi connectivity index (χ1v) is 6.26. The number of amides is 1. The number of nitrogens with zero attached hydrogens (tertiary/aromatic N) is 2. The van der Waals surface area contributed by atoms with Gasteiger partial charge in [-0.2, -0.15) is 5.10 Å². The zero-order chi connectivity index (χ0) is 15.0. The van der Waals surface area contributed by atoms with E-state index in [1.54, 1.807) is 14.0 Å². The topological polar surface area (TPSA) is 90.4 Å². The highest BCUT2D eigenvalue weighted by Gasteiger charge is 2.21. The molecule has 1 amide bonds. The predicted molar refractivity (Wildman–Crippen MR) is 74.7 cm³/mol. The molecule has 0 unspecified atom stereocenters. The first-order valence-electron chi connectivity index (χ1n) is 5.50. The molecular weight excluding hydrogens is 305 g/mol. The quantitative estimate of drug-likeness (QED) is 0.911. The van der Waals surface area contributed by atoms with Crippen molar-refractivity contribution in [2.75, 3.05) is 0 Å². The summed E-state index contributed by atoms with van der Waals surface area (Å²) in [5.74, 6) is -0.580. The van der Waals surface area contributed by atoms with Crippen molar-refractivity contribution in [3.63, 3.8) is 0 Å². The SMILES string of the molecule is Cc1nn(C)c(Oc2cc(O)c(Cl)cc2Cl)c1C(N)=O. The van der Waals surface area contributed by atoms with Gasteiger partial charge in [-0.05, 0) is 13.0 Å². The number of hydrogen-bond acceptors (Lipinski definition) is 4. The monoisotopic (exact) mass is 315 g/mol. The fraction of sp³-hybridized carbons (Fsp3) is 0.167. The Morgan fingerprint density at radius 1 is 1.40 bits per heavy atom. The maximum Gasteiger partial charge on any atom is 0.256 e. The van der Waals surface area contributed by atoms with Crippen molar-refractivity contribution in [3.05, 3.63) is 33.4 Å². The van der Waals surface area contributed by atoms with Crippen molar-refractivity contribution in [3.8, 4) is 17.4 Å². The number of aromatic nitrogens is 2. The van der Waals surface area contributed by atoms with Gasteiger partial charge in [0.15, 0.2) is 5.75 Å². The van der Waals surface area contributed by atoms with Gasteiger partial charge in [0, 0.05) is 13.1 Å². The Balaban J connectivity index is 2.50. The van der Waals surface area contributed by atoms with Crippen LogP contribution in [-0.4, -0.2) is 20.8 Å². The number of hydrogen-bond donors (Lipinski definition) is 2. The minimum Gasteiger partial charge on any atom is -0.506 e. The highest BCUT2D eigenvalue weighted by molar-refractivity contribution is 6.36. The van der Waals surface area contributed by atoms with Crippen LogP contribution in [0.3, 0.4) is 0 Å². The number of benzene rings is 1. The van der Waals surface area contributed by atoms with Gasteiger partial charge in [-0.3, -0.25) is 4.79 Å². The normalized spacial score (nSPS) is 10.6. The summed E-state index contributed by atoms with van der Waals surface area (Å²) in [6, 6.07) is 2.58. The number of aromatic hydroxyl groups is 1. The molecule has 20 heavy (non-hydrogen) atoms. The van der Waals surface area contributed by atoms with Crippen molar-refractivity contribution in [2.24, 2.45) is 12.8 Å². The van der Waals surface area contributed by atoms with Gasteiger partial charge in [0.05, 0.1) is 15.7 Å². The Labute approximate surface area is 124 Å². The lowest BCUT2D eigenvalue weighted by Gasteiger charge is -2.10. The molecule has 6 nitrogen and oxygen atoms in total. The largest absolute Gasteiger partial charge is 0.506 e. The van der Waals surface area contributed by atoms with E-state index in [0.717, 1.165) is 0 Å². The van der Waals surface area contributed by atoms with E-state index >= 15 is 0 Å². The molecule has 0 aliphatic rings. The van der Waals surface area contributed by atoms with Gasteiger partial charge in [0.2, 0.25) is 5.88 Å². The van der Waals surface area contributed by atoms with Gasteiger partial charge < -0.3 is 15.6 Å². The lowest BCUT2D eigenvalue weighted by molar-refractivity contribution is 0.0997. The number of ether oxygens (including phenoxy) is 1. The molecule has 0 atom stereocenters. The molecule has 0 radical (unpaired) electrons. The van der Waals surface area contributed by atoms with Crippen LogP contribution in [-0.2, 0) is 7.05 Å². The number of carbonyl (C=O) groups excluding carboxylic acids is 1. The van der Waals surface area contributed by atoms with Crippen LogP contribution in [0.1, 0.15) is 16.1 Å². The molecule has 1 heterocycles. The van der Waals surface area contributed by atoms with Crippen LogP contribution < -0.4 is 10.5 Å². The zero-order valence-electron chi connectivity index (χ0n) is 10.6. The van der Waals surface area contributed by atoms with Crippen LogP contribution in [0.2, 0.25) is 10.0 Å². The minimum absolute atomic E-state index is 0.0960. The molecule has 0 saturated carbocycles. The van der Waals surface area contributed by atoms with Crippen LogP contribution in [0.25, 0.3) is 0 Å². The summed E-state index contributed by atoms with van der Waals surface area (Å²) < 4.78 is 6.90. The number of nitrogens with two attached hydrogens (primary N) is 1. The summed E-state index contributed by atoms with van der Waals surface area (Å²) in [5.41, 5.74) is 5.88. The van der Waals surface area contributed by atoms with Gasteiger partial charge in [-0.25, -0.2) is 4.68 Å². The van der Waals surface area contributed by atoms with E-state index in [4.69, 9.17) is 33.7 Å². The van der Waals surface area contributed by atoms with Gasteiger partial charge in [-0.15, -0.1) is 0 Å². The Bertz CT molecular complexity index is 698. The standard InChI is InChI=1S/C12H11Cl2N3O3/c1-5-10(11(15)19)12(17(2)16-5)20-9-4-8(18)6(13)3-7(9)14/h3-4,18H,1-2H3,(H2,15,19). The number of phenols is 1. The van der Waals surface area contributed by atoms with E-state index in [9.17, 15) is 9.90 Å². The summed E-state index contributed by atoms with van der Waals surface area (Å²) in [6.07, 6.45) is 0. The lowest BCUT2D eigenvalue weighted by atomic mass is 10.2. The summed E-state index contributed by atoms with van der Waals surface area (Å²) >= 11 is 11.7. The summed E-state index contributed by atoms with van der Waals surface area (Å²) in [6.45, 7) is 1.63. The fourth-order valence-corrected chi connectivity index (χ4v) is 2.16. The van der Waals surface area contributed by atoms with Gasteiger partial charge in [-0.1, -0.05) is 23.2 Å². The second-order valence-corrected chi connectivity index (χ2v) is 4.90.